The van der Waals surface area contributed by atoms with Gasteiger partial charge in [-0.05, 0) is 30.5 Å². The Morgan fingerprint density at radius 2 is 1.81 bits per heavy atom. The van der Waals surface area contributed by atoms with Crippen LogP contribution >= 0.6 is 11.6 Å². The van der Waals surface area contributed by atoms with Crippen molar-refractivity contribution in [3.8, 4) is 11.3 Å². The molecule has 0 atom stereocenters. The predicted molar refractivity (Wildman–Crippen MR) is 76.3 cm³/mol. The van der Waals surface area contributed by atoms with Crippen LogP contribution in [0.2, 0.25) is 5.15 Å². The van der Waals surface area contributed by atoms with Gasteiger partial charge in [-0.2, -0.15) is 13.2 Å². The minimum absolute atomic E-state index is 0.0652. The van der Waals surface area contributed by atoms with Crippen LogP contribution in [-0.2, 0) is 6.18 Å². The van der Waals surface area contributed by atoms with E-state index in [4.69, 9.17) is 11.6 Å². The smallest absolute Gasteiger partial charge is 0.236 e. The van der Waals surface area contributed by atoms with Crippen LogP contribution in [0.4, 0.5) is 13.2 Å². The summed E-state index contributed by atoms with van der Waals surface area (Å²) in [5.74, 6) is 0.0652. The molecule has 0 unspecified atom stereocenters. The Morgan fingerprint density at radius 3 is 2.33 bits per heavy atom. The van der Waals surface area contributed by atoms with Crippen molar-refractivity contribution < 1.29 is 13.2 Å². The lowest BCUT2D eigenvalue weighted by Crippen LogP contribution is -2.06. The Morgan fingerprint density at radius 1 is 1.14 bits per heavy atom. The number of alkyl halides is 3. The lowest BCUT2D eigenvalue weighted by atomic mass is 9.95. The molecule has 0 saturated heterocycles. The number of hydrogen-bond acceptors (Lipinski definition) is 2. The zero-order chi connectivity index (χ0) is 15.8. The first kappa shape index (κ1) is 15.8. The van der Waals surface area contributed by atoms with Crippen LogP contribution in [0.15, 0.2) is 24.5 Å². The number of halogens is 4. The van der Waals surface area contributed by atoms with Crippen LogP contribution in [0.3, 0.4) is 0 Å². The molecular formula is C15H14ClF3N2. The van der Waals surface area contributed by atoms with Crippen molar-refractivity contribution in [2.75, 3.05) is 0 Å². The summed E-state index contributed by atoms with van der Waals surface area (Å²) in [4.78, 5) is 8.15. The Labute approximate surface area is 126 Å². The molecule has 0 aliphatic rings. The summed E-state index contributed by atoms with van der Waals surface area (Å²) in [6, 6.07) is 3.61. The zero-order valence-electron chi connectivity index (χ0n) is 11.8. The maximum Gasteiger partial charge on any atom is 0.416 e. The van der Waals surface area contributed by atoms with E-state index in [1.165, 1.54) is 12.4 Å². The zero-order valence-corrected chi connectivity index (χ0v) is 12.5. The van der Waals surface area contributed by atoms with E-state index in [1.807, 2.05) is 13.8 Å². The molecule has 0 N–H and O–H groups in total. The van der Waals surface area contributed by atoms with Crippen LogP contribution < -0.4 is 0 Å². The quantitative estimate of drug-likeness (QED) is 0.708. The van der Waals surface area contributed by atoms with Gasteiger partial charge in [0.25, 0.3) is 0 Å². The third kappa shape index (κ3) is 3.18. The maximum atomic E-state index is 12.7. The van der Waals surface area contributed by atoms with E-state index in [9.17, 15) is 13.2 Å². The van der Waals surface area contributed by atoms with E-state index < -0.39 is 11.7 Å². The summed E-state index contributed by atoms with van der Waals surface area (Å²) in [5.41, 5.74) is 1.78. The summed E-state index contributed by atoms with van der Waals surface area (Å²) >= 11 is 6.10. The van der Waals surface area contributed by atoms with Gasteiger partial charge in [0.05, 0.1) is 11.3 Å². The van der Waals surface area contributed by atoms with Gasteiger partial charge in [-0.1, -0.05) is 31.5 Å². The van der Waals surface area contributed by atoms with Crippen LogP contribution in [0.25, 0.3) is 11.3 Å². The third-order valence-electron chi connectivity index (χ3n) is 3.22. The Hall–Kier alpha value is -1.62. The van der Waals surface area contributed by atoms with E-state index in [0.717, 1.165) is 17.7 Å². The van der Waals surface area contributed by atoms with Crippen molar-refractivity contribution in [2.24, 2.45) is 0 Å². The molecule has 0 spiro atoms. The number of nitrogens with zero attached hydrogens (tertiary/aromatic N) is 2. The van der Waals surface area contributed by atoms with E-state index in [2.05, 4.69) is 9.97 Å². The molecule has 2 nitrogen and oxygen atoms in total. The molecule has 0 aliphatic carbocycles. The van der Waals surface area contributed by atoms with E-state index in [1.54, 1.807) is 6.92 Å². The molecule has 1 heterocycles. The van der Waals surface area contributed by atoms with Gasteiger partial charge >= 0.3 is 6.18 Å². The Kier molecular flexibility index (Phi) is 4.23. The first-order chi connectivity index (χ1) is 9.71. The van der Waals surface area contributed by atoms with Crippen molar-refractivity contribution in [1.29, 1.82) is 0 Å². The van der Waals surface area contributed by atoms with Gasteiger partial charge in [-0.3, -0.25) is 0 Å². The average Bonchev–Trinajstić information content (AvgIpc) is 2.36. The molecule has 1 aromatic carbocycles. The Balaban J connectivity index is 2.61. The second kappa shape index (κ2) is 5.64. The minimum atomic E-state index is -4.35. The number of rotatable bonds is 2. The fourth-order valence-electron chi connectivity index (χ4n) is 2.21. The van der Waals surface area contributed by atoms with Gasteiger partial charge in [0.15, 0.2) is 0 Å². The summed E-state index contributed by atoms with van der Waals surface area (Å²) < 4.78 is 38.2. The molecule has 2 aromatic rings. The largest absolute Gasteiger partial charge is 0.416 e. The standard InChI is InChI=1S/C15H14ClF3N2/c1-8(2)12-13(20-7-21-14(12)16)11-5-4-10(6-9(11)3)15(17,18)19/h4-8H,1-3H3. The van der Waals surface area contributed by atoms with Crippen LogP contribution in [0, 0.1) is 6.92 Å². The average molecular weight is 315 g/mol. The molecule has 0 aliphatic heterocycles. The SMILES string of the molecule is Cc1cc(C(F)(F)F)ccc1-c1ncnc(Cl)c1C(C)C. The molecule has 21 heavy (non-hydrogen) atoms. The molecule has 2 rings (SSSR count). The predicted octanol–water partition coefficient (Wildman–Crippen LogP) is 5.25. The summed E-state index contributed by atoms with van der Waals surface area (Å²) in [7, 11) is 0. The van der Waals surface area contributed by atoms with Crippen molar-refractivity contribution in [2.45, 2.75) is 32.9 Å². The second-order valence-corrected chi connectivity index (χ2v) is 5.47. The first-order valence-electron chi connectivity index (χ1n) is 6.40. The fourth-order valence-corrected chi connectivity index (χ4v) is 2.56. The van der Waals surface area contributed by atoms with Gasteiger partial charge < -0.3 is 0 Å². The van der Waals surface area contributed by atoms with Crippen molar-refractivity contribution in [1.82, 2.24) is 9.97 Å². The highest BCUT2D eigenvalue weighted by atomic mass is 35.5. The number of benzene rings is 1. The first-order valence-corrected chi connectivity index (χ1v) is 6.78. The van der Waals surface area contributed by atoms with Crippen LogP contribution in [-0.4, -0.2) is 9.97 Å². The van der Waals surface area contributed by atoms with E-state index in [0.29, 0.717) is 22.0 Å². The van der Waals surface area contributed by atoms with Gasteiger partial charge in [0, 0.05) is 11.1 Å². The minimum Gasteiger partial charge on any atom is -0.236 e. The highest BCUT2D eigenvalue weighted by molar-refractivity contribution is 6.30. The molecule has 0 fully saturated rings. The number of aromatic nitrogens is 2. The molecule has 0 saturated carbocycles. The summed E-state index contributed by atoms with van der Waals surface area (Å²) in [5, 5.41) is 0.328. The van der Waals surface area contributed by atoms with Gasteiger partial charge in [-0.25, -0.2) is 9.97 Å². The topological polar surface area (TPSA) is 25.8 Å². The van der Waals surface area contributed by atoms with Crippen molar-refractivity contribution in [3.05, 3.63) is 46.4 Å². The van der Waals surface area contributed by atoms with E-state index >= 15 is 0 Å². The molecular weight excluding hydrogens is 301 g/mol. The normalized spacial score (nSPS) is 12.0. The fraction of sp³-hybridized carbons (Fsp3) is 0.333. The van der Waals surface area contributed by atoms with Gasteiger partial charge in [0.2, 0.25) is 0 Å². The molecule has 0 bridgehead atoms. The molecule has 0 amide bonds. The lowest BCUT2D eigenvalue weighted by molar-refractivity contribution is -0.137. The summed E-state index contributed by atoms with van der Waals surface area (Å²) in [6.07, 6.45) is -3.03. The highest BCUT2D eigenvalue weighted by Crippen LogP contribution is 2.36. The lowest BCUT2D eigenvalue weighted by Gasteiger charge is -2.16. The molecule has 6 heteroatoms. The van der Waals surface area contributed by atoms with Crippen LogP contribution in [0.5, 0.6) is 0 Å². The maximum absolute atomic E-state index is 12.7. The molecule has 0 radical (unpaired) electrons. The molecule has 1 aromatic heterocycles. The van der Waals surface area contributed by atoms with Crippen LogP contribution in [0.1, 0.15) is 36.5 Å². The van der Waals surface area contributed by atoms with Gasteiger partial charge in [-0.15, -0.1) is 0 Å². The van der Waals surface area contributed by atoms with E-state index in [-0.39, 0.29) is 5.92 Å². The third-order valence-corrected chi connectivity index (χ3v) is 3.52. The van der Waals surface area contributed by atoms with Crippen molar-refractivity contribution >= 4 is 11.6 Å². The van der Waals surface area contributed by atoms with Gasteiger partial charge in [0.1, 0.15) is 11.5 Å². The second-order valence-electron chi connectivity index (χ2n) is 5.11. The van der Waals surface area contributed by atoms with Crippen molar-refractivity contribution in [3.63, 3.8) is 0 Å². The Bertz CT molecular complexity index is 666. The summed E-state index contributed by atoms with van der Waals surface area (Å²) in [6.45, 7) is 5.51. The number of hydrogen-bond donors (Lipinski definition) is 0. The highest BCUT2D eigenvalue weighted by Gasteiger charge is 2.31. The monoisotopic (exact) mass is 314 g/mol. The number of aryl methyl sites for hydroxylation is 1. The molecule has 112 valence electrons.